The van der Waals surface area contributed by atoms with Crippen LogP contribution in [0.15, 0.2) is 21.3 Å². The lowest BCUT2D eigenvalue weighted by molar-refractivity contribution is -0.121. The fourth-order valence-corrected chi connectivity index (χ4v) is 5.39. The molecule has 0 aromatic carbocycles. The summed E-state index contributed by atoms with van der Waals surface area (Å²) < 4.78 is 27.4. The number of thiophene rings is 1. The van der Waals surface area contributed by atoms with Crippen molar-refractivity contribution in [3.8, 4) is 0 Å². The summed E-state index contributed by atoms with van der Waals surface area (Å²) in [6, 6.07) is 3.42. The number of rotatable bonds is 7. The number of nitrogens with zero attached hydrogens (tertiary/aromatic N) is 2. The van der Waals surface area contributed by atoms with Gasteiger partial charge >= 0.3 is 0 Å². The van der Waals surface area contributed by atoms with Crippen molar-refractivity contribution in [3.05, 3.63) is 17.0 Å². The van der Waals surface area contributed by atoms with Gasteiger partial charge in [-0.15, -0.1) is 11.3 Å². The molecule has 0 aliphatic carbocycles. The molecule has 0 bridgehead atoms. The fourth-order valence-electron chi connectivity index (χ4n) is 3.03. The summed E-state index contributed by atoms with van der Waals surface area (Å²) in [6.45, 7) is 4.29. The van der Waals surface area contributed by atoms with Crippen LogP contribution in [0.1, 0.15) is 24.1 Å². The Morgan fingerprint density at radius 3 is 2.56 bits per heavy atom. The molecule has 0 atom stereocenters. The molecule has 0 saturated carbocycles. The maximum Gasteiger partial charge on any atom is 0.250 e. The smallest absolute Gasteiger partial charge is 0.250 e. The van der Waals surface area contributed by atoms with E-state index in [1.54, 1.807) is 26.2 Å². The number of aryl methyl sites for hydroxylation is 1. The summed E-state index contributed by atoms with van der Waals surface area (Å²) in [5.74, 6) is 1.25. The van der Waals surface area contributed by atoms with Crippen LogP contribution in [-0.2, 0) is 14.8 Å². The number of hydrogen-bond acceptors (Lipinski definition) is 5. The van der Waals surface area contributed by atoms with E-state index in [2.05, 4.69) is 25.2 Å². The minimum atomic E-state index is -3.45. The third-order valence-corrected chi connectivity index (χ3v) is 7.51. The molecule has 8 nitrogen and oxygen atoms in total. The molecule has 2 rings (SSSR count). The van der Waals surface area contributed by atoms with Crippen molar-refractivity contribution in [1.82, 2.24) is 20.3 Å². The molecule has 27 heavy (non-hydrogen) atoms. The van der Waals surface area contributed by atoms with Crippen LogP contribution in [-0.4, -0.2) is 65.5 Å². The lowest BCUT2D eigenvalue weighted by Crippen LogP contribution is -2.47. The second kappa shape index (κ2) is 10.0. The van der Waals surface area contributed by atoms with Crippen molar-refractivity contribution in [3.63, 3.8) is 0 Å². The van der Waals surface area contributed by atoms with Gasteiger partial charge in [0.05, 0.1) is 0 Å². The number of nitrogens with one attached hydrogen (secondary N) is 3. The highest BCUT2D eigenvalue weighted by Gasteiger charge is 2.23. The Bertz CT molecular complexity index is 752. The standard InChI is InChI=1S/C17H29N5O3S2/c1-13-4-5-16(26-13)27(24,25)21-9-8-20-17(19-3)22-10-6-14(7-11-22)12-15(23)18-2/h4-5,14,21H,6-12H2,1-3H3,(H,18,23)(H,19,20). The van der Waals surface area contributed by atoms with E-state index in [0.717, 1.165) is 36.8 Å². The van der Waals surface area contributed by atoms with Crippen molar-refractivity contribution < 1.29 is 13.2 Å². The van der Waals surface area contributed by atoms with Crippen molar-refractivity contribution in [1.29, 1.82) is 0 Å². The van der Waals surface area contributed by atoms with E-state index in [0.29, 0.717) is 23.1 Å². The largest absolute Gasteiger partial charge is 0.359 e. The highest BCUT2D eigenvalue weighted by atomic mass is 32.2. The van der Waals surface area contributed by atoms with Crippen LogP contribution in [0.2, 0.25) is 0 Å². The molecule has 10 heteroatoms. The van der Waals surface area contributed by atoms with Crippen LogP contribution in [0.25, 0.3) is 0 Å². The van der Waals surface area contributed by atoms with E-state index in [4.69, 9.17) is 0 Å². The second-order valence-electron chi connectivity index (χ2n) is 6.54. The van der Waals surface area contributed by atoms with Gasteiger partial charge in [-0.2, -0.15) is 0 Å². The topological polar surface area (TPSA) is 103 Å². The van der Waals surface area contributed by atoms with Gasteiger partial charge < -0.3 is 15.5 Å². The first-order chi connectivity index (χ1) is 12.9. The van der Waals surface area contributed by atoms with Crippen molar-refractivity contribution >= 4 is 33.2 Å². The van der Waals surface area contributed by atoms with E-state index in [9.17, 15) is 13.2 Å². The van der Waals surface area contributed by atoms with Crippen molar-refractivity contribution in [2.45, 2.75) is 30.4 Å². The van der Waals surface area contributed by atoms with Crippen LogP contribution < -0.4 is 15.4 Å². The van der Waals surface area contributed by atoms with E-state index < -0.39 is 10.0 Å². The maximum atomic E-state index is 12.2. The van der Waals surface area contributed by atoms with Gasteiger partial charge in [0.15, 0.2) is 5.96 Å². The lowest BCUT2D eigenvalue weighted by atomic mass is 9.93. The Balaban J connectivity index is 1.74. The monoisotopic (exact) mass is 415 g/mol. The van der Waals surface area contributed by atoms with Gasteiger partial charge in [-0.05, 0) is 37.8 Å². The van der Waals surface area contributed by atoms with Crippen molar-refractivity contribution in [2.75, 3.05) is 40.3 Å². The maximum absolute atomic E-state index is 12.2. The van der Waals surface area contributed by atoms with Crippen molar-refractivity contribution in [2.24, 2.45) is 10.9 Å². The minimum Gasteiger partial charge on any atom is -0.359 e. The third kappa shape index (κ3) is 6.47. The van der Waals surface area contributed by atoms with Gasteiger partial charge in [0.25, 0.3) is 0 Å². The average molecular weight is 416 g/mol. The second-order valence-corrected chi connectivity index (χ2v) is 9.83. The zero-order valence-electron chi connectivity index (χ0n) is 16.1. The van der Waals surface area contributed by atoms with E-state index in [-0.39, 0.29) is 12.5 Å². The number of amides is 1. The molecule has 3 N–H and O–H groups in total. The Kier molecular flexibility index (Phi) is 8.06. The summed E-state index contributed by atoms with van der Waals surface area (Å²) in [5, 5.41) is 5.88. The van der Waals surface area contributed by atoms with Gasteiger partial charge in [-0.3, -0.25) is 9.79 Å². The Labute approximate surface area is 165 Å². The molecule has 1 amide bonds. The van der Waals surface area contributed by atoms with Gasteiger partial charge in [-0.1, -0.05) is 0 Å². The number of guanidine groups is 1. The van der Waals surface area contributed by atoms with Crippen LogP contribution in [0.3, 0.4) is 0 Å². The predicted octanol–water partition coefficient (Wildman–Crippen LogP) is 0.758. The number of carbonyl (C=O) groups is 1. The third-order valence-electron chi connectivity index (χ3n) is 4.56. The van der Waals surface area contributed by atoms with Crippen LogP contribution in [0, 0.1) is 12.8 Å². The van der Waals surface area contributed by atoms with E-state index >= 15 is 0 Å². The molecule has 1 aromatic heterocycles. The van der Waals surface area contributed by atoms with Crippen LogP contribution >= 0.6 is 11.3 Å². The van der Waals surface area contributed by atoms with E-state index in [1.807, 2.05) is 6.92 Å². The Morgan fingerprint density at radius 2 is 2.00 bits per heavy atom. The SMILES string of the molecule is CN=C(NCCNS(=O)(=O)c1ccc(C)s1)N1CCC(CC(=O)NC)CC1. The number of piperidine rings is 1. The molecule has 0 radical (unpaired) electrons. The number of carbonyl (C=O) groups excluding carboxylic acids is 1. The number of hydrogen-bond donors (Lipinski definition) is 3. The molecule has 0 spiro atoms. The average Bonchev–Trinajstić information content (AvgIpc) is 3.10. The quantitative estimate of drug-likeness (QED) is 0.347. The Hall–Kier alpha value is -1.65. The van der Waals surface area contributed by atoms with E-state index in [1.165, 1.54) is 11.3 Å². The molecular formula is C17H29N5O3S2. The number of sulfonamides is 1. The van der Waals surface area contributed by atoms with Gasteiger partial charge in [0.1, 0.15) is 4.21 Å². The molecule has 1 fully saturated rings. The van der Waals surface area contributed by atoms with Crippen LogP contribution in [0.5, 0.6) is 0 Å². The molecule has 0 unspecified atom stereocenters. The Morgan fingerprint density at radius 1 is 1.30 bits per heavy atom. The molecule has 1 aliphatic rings. The first-order valence-corrected chi connectivity index (χ1v) is 11.4. The fraction of sp³-hybridized carbons (Fsp3) is 0.647. The highest BCUT2D eigenvalue weighted by Crippen LogP contribution is 2.21. The minimum absolute atomic E-state index is 0.0872. The summed E-state index contributed by atoms with van der Waals surface area (Å²) in [4.78, 5) is 18.9. The molecule has 1 aliphatic heterocycles. The zero-order chi connectivity index (χ0) is 19.9. The summed E-state index contributed by atoms with van der Waals surface area (Å²) >= 11 is 1.26. The highest BCUT2D eigenvalue weighted by molar-refractivity contribution is 7.91. The summed E-state index contributed by atoms with van der Waals surface area (Å²) in [7, 11) is -0.0696. The van der Waals surface area contributed by atoms with Gasteiger partial charge in [0, 0.05) is 51.6 Å². The molecule has 1 saturated heterocycles. The summed E-state index contributed by atoms with van der Waals surface area (Å²) in [5.41, 5.74) is 0. The lowest BCUT2D eigenvalue weighted by Gasteiger charge is -2.34. The van der Waals surface area contributed by atoms with Gasteiger partial charge in [-0.25, -0.2) is 13.1 Å². The summed E-state index contributed by atoms with van der Waals surface area (Å²) in [6.07, 6.45) is 2.46. The number of aliphatic imine (C=N–C) groups is 1. The molecule has 152 valence electrons. The molecule has 2 heterocycles. The number of likely N-dealkylation sites (tertiary alicyclic amines) is 1. The normalized spacial score (nSPS) is 16.4. The molecular weight excluding hydrogens is 386 g/mol. The predicted molar refractivity (Wildman–Crippen MR) is 109 cm³/mol. The first-order valence-electron chi connectivity index (χ1n) is 9.08. The first kappa shape index (κ1) is 21.6. The van der Waals surface area contributed by atoms with Gasteiger partial charge in [0.2, 0.25) is 15.9 Å². The zero-order valence-corrected chi connectivity index (χ0v) is 17.8. The molecule has 1 aromatic rings. The van der Waals surface area contributed by atoms with Crippen LogP contribution in [0.4, 0.5) is 0 Å².